The highest BCUT2D eigenvalue weighted by Crippen LogP contribution is 2.34. The SMILES string of the molecule is CC(C)=C(C)CCCC=C[C@H]1CCC(=O)[C@@H]1CCCCC(O)C(=O)O. The zero-order chi connectivity index (χ0) is 18.8. The molecule has 2 N–H and O–H groups in total. The van der Waals surface area contributed by atoms with E-state index in [-0.39, 0.29) is 12.3 Å². The molecule has 25 heavy (non-hydrogen) atoms. The number of hydrogen-bond donors (Lipinski definition) is 2. The monoisotopic (exact) mass is 350 g/mol. The van der Waals surface area contributed by atoms with Crippen LogP contribution in [0, 0.1) is 11.8 Å². The summed E-state index contributed by atoms with van der Waals surface area (Å²) in [7, 11) is 0. The number of carboxylic acids is 1. The van der Waals surface area contributed by atoms with Gasteiger partial charge in [-0.2, -0.15) is 0 Å². The third-order valence-electron chi connectivity index (χ3n) is 5.34. The maximum atomic E-state index is 12.1. The van der Waals surface area contributed by atoms with Crippen molar-refractivity contribution < 1.29 is 19.8 Å². The van der Waals surface area contributed by atoms with Crippen molar-refractivity contribution in [3.8, 4) is 0 Å². The van der Waals surface area contributed by atoms with E-state index in [1.807, 2.05) is 0 Å². The van der Waals surface area contributed by atoms with Gasteiger partial charge in [-0.1, -0.05) is 36.1 Å². The van der Waals surface area contributed by atoms with Crippen molar-refractivity contribution >= 4 is 11.8 Å². The topological polar surface area (TPSA) is 74.6 Å². The van der Waals surface area contributed by atoms with Crippen LogP contribution >= 0.6 is 0 Å². The Morgan fingerprint density at radius 3 is 2.60 bits per heavy atom. The fraction of sp³-hybridized carbons (Fsp3) is 0.714. The van der Waals surface area contributed by atoms with E-state index in [2.05, 4.69) is 32.9 Å². The molecule has 142 valence electrons. The van der Waals surface area contributed by atoms with Crippen molar-refractivity contribution in [3.63, 3.8) is 0 Å². The minimum atomic E-state index is -1.28. The predicted molar refractivity (Wildman–Crippen MR) is 100 cm³/mol. The smallest absolute Gasteiger partial charge is 0.332 e. The van der Waals surface area contributed by atoms with E-state index in [0.717, 1.165) is 38.5 Å². The summed E-state index contributed by atoms with van der Waals surface area (Å²) in [5.74, 6) is -0.408. The molecule has 0 heterocycles. The Balaban J connectivity index is 2.33. The lowest BCUT2D eigenvalue weighted by atomic mass is 9.89. The van der Waals surface area contributed by atoms with Crippen molar-refractivity contribution in [1.29, 1.82) is 0 Å². The van der Waals surface area contributed by atoms with E-state index >= 15 is 0 Å². The summed E-state index contributed by atoms with van der Waals surface area (Å²) in [6.07, 6.45) is 10.6. The van der Waals surface area contributed by atoms with Gasteiger partial charge < -0.3 is 10.2 Å². The summed E-state index contributed by atoms with van der Waals surface area (Å²) < 4.78 is 0. The Kier molecular flexibility index (Phi) is 9.73. The second-order valence-electron chi connectivity index (χ2n) is 7.51. The van der Waals surface area contributed by atoms with Gasteiger partial charge in [-0.3, -0.25) is 4.79 Å². The predicted octanol–water partition coefficient (Wildman–Crippen LogP) is 4.67. The molecule has 1 aliphatic rings. The third-order valence-corrected chi connectivity index (χ3v) is 5.34. The molecule has 1 rings (SSSR count). The zero-order valence-corrected chi connectivity index (χ0v) is 16.0. The number of aliphatic hydroxyl groups excluding tert-OH is 1. The number of allylic oxidation sites excluding steroid dienone is 4. The van der Waals surface area contributed by atoms with Crippen LogP contribution < -0.4 is 0 Å². The Bertz CT molecular complexity index is 500. The first-order valence-electron chi connectivity index (χ1n) is 9.56. The summed E-state index contributed by atoms with van der Waals surface area (Å²) in [5.41, 5.74) is 2.87. The number of hydrogen-bond acceptors (Lipinski definition) is 3. The maximum absolute atomic E-state index is 12.1. The molecule has 4 nitrogen and oxygen atoms in total. The molecule has 0 bridgehead atoms. The molecule has 0 aliphatic heterocycles. The van der Waals surface area contributed by atoms with Gasteiger partial charge >= 0.3 is 5.97 Å². The molecule has 0 aromatic rings. The average molecular weight is 350 g/mol. The Morgan fingerprint density at radius 2 is 1.96 bits per heavy atom. The van der Waals surface area contributed by atoms with Crippen LogP contribution in [-0.4, -0.2) is 28.1 Å². The van der Waals surface area contributed by atoms with Crippen LogP contribution in [0.3, 0.4) is 0 Å². The lowest BCUT2D eigenvalue weighted by Gasteiger charge is -2.15. The number of ketones is 1. The summed E-state index contributed by atoms with van der Waals surface area (Å²) in [6, 6.07) is 0. The highest BCUT2D eigenvalue weighted by atomic mass is 16.4. The van der Waals surface area contributed by atoms with E-state index in [4.69, 9.17) is 5.11 Å². The second kappa shape index (κ2) is 11.2. The molecule has 1 aliphatic carbocycles. The number of Topliss-reactive ketones (excluding diaryl/α,β-unsaturated/α-hetero) is 1. The molecule has 3 atom stereocenters. The summed E-state index contributed by atoms with van der Waals surface area (Å²) >= 11 is 0. The van der Waals surface area contributed by atoms with Gasteiger partial charge in [0, 0.05) is 12.3 Å². The van der Waals surface area contributed by atoms with Gasteiger partial charge in [-0.15, -0.1) is 0 Å². The normalized spacial score (nSPS) is 21.7. The van der Waals surface area contributed by atoms with Gasteiger partial charge in [0.15, 0.2) is 6.10 Å². The van der Waals surface area contributed by atoms with Crippen LogP contribution in [0.15, 0.2) is 23.3 Å². The fourth-order valence-electron chi connectivity index (χ4n) is 3.37. The summed E-state index contributed by atoms with van der Waals surface area (Å²) in [6.45, 7) is 6.48. The largest absolute Gasteiger partial charge is 0.479 e. The molecular formula is C21H34O4. The van der Waals surface area contributed by atoms with Gasteiger partial charge in [-0.05, 0) is 65.2 Å². The van der Waals surface area contributed by atoms with Crippen molar-refractivity contribution in [2.75, 3.05) is 0 Å². The highest BCUT2D eigenvalue weighted by Gasteiger charge is 2.32. The van der Waals surface area contributed by atoms with Gasteiger partial charge in [0.25, 0.3) is 0 Å². The number of carbonyl (C=O) groups is 2. The second-order valence-corrected chi connectivity index (χ2v) is 7.51. The van der Waals surface area contributed by atoms with E-state index in [9.17, 15) is 14.7 Å². The van der Waals surface area contributed by atoms with Gasteiger partial charge in [0.05, 0.1) is 0 Å². The molecule has 0 spiro atoms. The van der Waals surface area contributed by atoms with Crippen molar-refractivity contribution in [3.05, 3.63) is 23.3 Å². The first kappa shape index (κ1) is 21.6. The molecule has 0 saturated heterocycles. The maximum Gasteiger partial charge on any atom is 0.332 e. The summed E-state index contributed by atoms with van der Waals surface area (Å²) in [4.78, 5) is 22.7. The molecule has 1 unspecified atom stereocenters. The molecule has 0 aromatic carbocycles. The van der Waals surface area contributed by atoms with Crippen molar-refractivity contribution in [1.82, 2.24) is 0 Å². The van der Waals surface area contributed by atoms with E-state index in [1.54, 1.807) is 0 Å². The first-order valence-corrected chi connectivity index (χ1v) is 9.56. The lowest BCUT2D eigenvalue weighted by molar-refractivity contribution is -0.147. The molecular weight excluding hydrogens is 316 g/mol. The molecule has 0 amide bonds. The van der Waals surface area contributed by atoms with Crippen LogP contribution in [0.2, 0.25) is 0 Å². The van der Waals surface area contributed by atoms with Gasteiger partial charge in [-0.25, -0.2) is 4.79 Å². The van der Waals surface area contributed by atoms with Gasteiger partial charge in [0.1, 0.15) is 5.78 Å². The highest BCUT2D eigenvalue weighted by molar-refractivity contribution is 5.83. The van der Waals surface area contributed by atoms with E-state index in [0.29, 0.717) is 24.5 Å². The number of aliphatic carboxylic acids is 1. The lowest BCUT2D eigenvalue weighted by Crippen LogP contribution is -2.19. The summed E-state index contributed by atoms with van der Waals surface area (Å²) in [5, 5.41) is 17.9. The van der Waals surface area contributed by atoms with Crippen LogP contribution in [0.1, 0.15) is 78.6 Å². The quantitative estimate of drug-likeness (QED) is 0.419. The number of unbranched alkanes of at least 4 members (excludes halogenated alkanes) is 2. The van der Waals surface area contributed by atoms with Crippen LogP contribution in [0.25, 0.3) is 0 Å². The molecule has 1 saturated carbocycles. The number of carbonyl (C=O) groups excluding carboxylic acids is 1. The Hall–Kier alpha value is -1.42. The third kappa shape index (κ3) is 8.00. The minimum absolute atomic E-state index is 0.0812. The minimum Gasteiger partial charge on any atom is -0.479 e. The number of carboxylic acid groups (broad SMARTS) is 1. The molecule has 0 radical (unpaired) electrons. The molecule has 0 aromatic heterocycles. The first-order chi connectivity index (χ1) is 11.8. The number of rotatable bonds is 11. The zero-order valence-electron chi connectivity index (χ0n) is 16.0. The van der Waals surface area contributed by atoms with Crippen LogP contribution in [0.5, 0.6) is 0 Å². The van der Waals surface area contributed by atoms with Crippen LogP contribution in [0.4, 0.5) is 0 Å². The van der Waals surface area contributed by atoms with Crippen molar-refractivity contribution in [2.45, 2.75) is 84.7 Å². The van der Waals surface area contributed by atoms with E-state index < -0.39 is 12.1 Å². The number of aliphatic hydroxyl groups is 1. The molecule has 4 heteroatoms. The van der Waals surface area contributed by atoms with Gasteiger partial charge in [0.2, 0.25) is 0 Å². The Morgan fingerprint density at radius 1 is 1.24 bits per heavy atom. The van der Waals surface area contributed by atoms with Crippen molar-refractivity contribution in [2.24, 2.45) is 11.8 Å². The van der Waals surface area contributed by atoms with E-state index in [1.165, 1.54) is 11.1 Å². The Labute approximate surface area is 152 Å². The fourth-order valence-corrected chi connectivity index (χ4v) is 3.37. The molecule has 1 fully saturated rings. The van der Waals surface area contributed by atoms with Crippen LogP contribution in [-0.2, 0) is 9.59 Å². The average Bonchev–Trinajstić information content (AvgIpc) is 2.90. The standard InChI is InChI=1S/C21H34O4/c1-15(2)16(3)9-5-4-6-10-17-13-14-19(22)18(17)11-7-8-12-20(23)21(24)25/h6,10,17-18,20,23H,4-5,7-9,11-14H2,1-3H3,(H,24,25)/t17-,18+,20?/m0/s1.